The Hall–Kier alpha value is -5.52. The van der Waals surface area contributed by atoms with E-state index in [9.17, 15) is 19.2 Å². The van der Waals surface area contributed by atoms with Crippen LogP contribution in [0.4, 0.5) is 4.79 Å². The fraction of sp³-hybridized carbons (Fsp3) is 0.400. The van der Waals surface area contributed by atoms with Crippen molar-refractivity contribution >= 4 is 57.3 Å². The zero-order valence-corrected chi connectivity index (χ0v) is 31.1. The number of alkyl carbamates (subject to hydrolysis) is 1. The maximum Gasteiger partial charge on any atom is 0.407 e. The van der Waals surface area contributed by atoms with E-state index in [0.717, 1.165) is 57.2 Å². The van der Waals surface area contributed by atoms with E-state index in [1.54, 1.807) is 26.8 Å². The second-order valence-electron chi connectivity index (χ2n) is 14.6. The number of fused-ring (bicyclic) bond motifs is 8. The predicted molar refractivity (Wildman–Crippen MR) is 200 cm³/mol. The first-order valence-corrected chi connectivity index (χ1v) is 17.7. The fourth-order valence-electron chi connectivity index (χ4n) is 7.29. The first-order chi connectivity index (χ1) is 24.6. The molecule has 52 heavy (non-hydrogen) atoms. The Labute approximate surface area is 302 Å². The molecule has 2 amide bonds. The molecule has 4 aliphatic rings. The quantitative estimate of drug-likeness (QED) is 0.125. The Morgan fingerprint density at radius 3 is 2.31 bits per heavy atom. The molecule has 2 aromatic heterocycles. The van der Waals surface area contributed by atoms with Crippen LogP contribution >= 0.6 is 0 Å². The Kier molecular flexibility index (Phi) is 9.69. The van der Waals surface area contributed by atoms with Gasteiger partial charge in [0.2, 0.25) is 5.91 Å². The molecule has 0 aliphatic carbocycles. The highest BCUT2D eigenvalue weighted by molar-refractivity contribution is 6.18. The highest BCUT2D eigenvalue weighted by atomic mass is 16.6. The molecular weight excluding hydrogens is 660 g/mol. The molecule has 0 fully saturated rings. The summed E-state index contributed by atoms with van der Waals surface area (Å²) in [4.78, 5) is 68.9. The summed E-state index contributed by atoms with van der Waals surface area (Å²) in [6, 6.07) is 5.89. The van der Waals surface area contributed by atoms with Crippen LogP contribution in [0.1, 0.15) is 140 Å². The van der Waals surface area contributed by atoms with Crippen molar-refractivity contribution in [2.75, 3.05) is 13.1 Å². The van der Waals surface area contributed by atoms with E-state index in [-0.39, 0.29) is 42.8 Å². The number of aryl methyl sites for hydroxylation is 1. The van der Waals surface area contributed by atoms with Crippen molar-refractivity contribution in [2.45, 2.75) is 92.1 Å². The standard InChI is InChI=1S/C40H46N6O6/c1-10-23-19(3)26-16-28-21(5)25(12-13-32(47)41-14-15-42-39(50)52-40(7,8)9)35(45-28)34-36-33(37(48)51-38(34)49)22(6)29(46-36)18-31-24(11-2)20(4)27(44-31)17-30(23)43-26/h10,16-18,21,25,45-46H,1,11-15H2,2-9H3,(H,41,47)(H,42,50)/t21-,25-/m0/s1. The average Bonchev–Trinajstić information content (AvgIpc) is 3.74. The topological polar surface area (TPSA) is 168 Å². The van der Waals surface area contributed by atoms with E-state index in [2.05, 4.69) is 34.1 Å². The molecule has 0 saturated heterocycles. The molecule has 0 saturated carbocycles. The number of carbonyl (C=O) groups excluding carboxylic acids is 4. The van der Waals surface area contributed by atoms with Crippen LogP contribution in [0, 0.1) is 6.92 Å². The molecule has 0 unspecified atom stereocenters. The second kappa shape index (κ2) is 13.9. The number of esters is 2. The Morgan fingerprint density at radius 2 is 1.62 bits per heavy atom. The lowest BCUT2D eigenvalue weighted by molar-refractivity contribution is -0.121. The van der Waals surface area contributed by atoms with E-state index in [4.69, 9.17) is 19.4 Å². The highest BCUT2D eigenvalue weighted by Gasteiger charge is 2.38. The number of nitrogens with zero attached hydrogens (tertiary/aromatic N) is 2. The van der Waals surface area contributed by atoms with Crippen LogP contribution in [0.3, 0.4) is 0 Å². The number of cyclic esters (lactones) is 2. The van der Waals surface area contributed by atoms with E-state index >= 15 is 0 Å². The van der Waals surface area contributed by atoms with Gasteiger partial charge in [0.1, 0.15) is 11.2 Å². The largest absolute Gasteiger partial charge is 0.444 e. The van der Waals surface area contributed by atoms with Gasteiger partial charge in [-0.15, -0.1) is 0 Å². The third-order valence-electron chi connectivity index (χ3n) is 10.0. The molecule has 272 valence electrons. The van der Waals surface area contributed by atoms with Gasteiger partial charge < -0.3 is 30.1 Å². The molecule has 2 aromatic rings. The molecule has 8 bridgehead atoms. The number of H-pyrrole nitrogens is 2. The minimum atomic E-state index is -0.766. The van der Waals surface area contributed by atoms with Gasteiger partial charge in [-0.2, -0.15) is 0 Å². The van der Waals surface area contributed by atoms with Gasteiger partial charge in [0.15, 0.2) is 0 Å². The summed E-state index contributed by atoms with van der Waals surface area (Å²) in [5.41, 5.74) is 9.96. The summed E-state index contributed by atoms with van der Waals surface area (Å²) >= 11 is 0. The van der Waals surface area contributed by atoms with E-state index in [1.165, 1.54) is 0 Å². The average molecular weight is 707 g/mol. The number of amides is 2. The summed E-state index contributed by atoms with van der Waals surface area (Å²) in [6.45, 7) is 19.8. The number of aromatic nitrogens is 4. The van der Waals surface area contributed by atoms with Crippen LogP contribution < -0.4 is 10.6 Å². The lowest BCUT2D eigenvalue weighted by Gasteiger charge is -2.20. The lowest BCUT2D eigenvalue weighted by atomic mass is 9.85. The number of allylic oxidation sites excluding steroid dienone is 5. The van der Waals surface area contributed by atoms with E-state index < -0.39 is 23.6 Å². The zero-order valence-electron chi connectivity index (χ0n) is 31.1. The molecule has 12 nitrogen and oxygen atoms in total. The van der Waals surface area contributed by atoms with Crippen LogP contribution in [0.25, 0.3) is 33.3 Å². The normalized spacial score (nSPS) is 17.5. The number of aromatic amines is 2. The molecule has 0 spiro atoms. The van der Waals surface area contributed by atoms with Crippen LogP contribution in [0.5, 0.6) is 0 Å². The van der Waals surface area contributed by atoms with Crippen molar-refractivity contribution in [2.24, 2.45) is 0 Å². The molecule has 2 atom stereocenters. The molecule has 12 heteroatoms. The first-order valence-electron chi connectivity index (χ1n) is 17.7. The van der Waals surface area contributed by atoms with Gasteiger partial charge in [0.25, 0.3) is 0 Å². The van der Waals surface area contributed by atoms with Crippen molar-refractivity contribution in [1.82, 2.24) is 30.6 Å². The number of hydrogen-bond donors (Lipinski definition) is 4. The lowest BCUT2D eigenvalue weighted by Crippen LogP contribution is -2.37. The van der Waals surface area contributed by atoms with Crippen molar-refractivity contribution < 1.29 is 28.7 Å². The Morgan fingerprint density at radius 1 is 0.942 bits per heavy atom. The van der Waals surface area contributed by atoms with Crippen molar-refractivity contribution in [3.63, 3.8) is 0 Å². The van der Waals surface area contributed by atoms with Gasteiger partial charge in [-0.05, 0) is 94.9 Å². The number of carbonyl (C=O) groups is 4. The van der Waals surface area contributed by atoms with Crippen LogP contribution in [0.15, 0.2) is 30.9 Å². The summed E-state index contributed by atoms with van der Waals surface area (Å²) in [7, 11) is 0. The molecule has 0 aromatic carbocycles. The third-order valence-corrected chi connectivity index (χ3v) is 10.0. The van der Waals surface area contributed by atoms with Gasteiger partial charge >= 0.3 is 18.0 Å². The number of hydrogen-bond acceptors (Lipinski definition) is 8. The monoisotopic (exact) mass is 706 g/mol. The zero-order chi connectivity index (χ0) is 37.6. The van der Waals surface area contributed by atoms with E-state index in [0.29, 0.717) is 34.3 Å². The molecule has 4 aliphatic heterocycles. The van der Waals surface area contributed by atoms with Crippen molar-refractivity contribution in [3.8, 4) is 0 Å². The molecule has 6 rings (SSSR count). The Bertz CT molecular complexity index is 2180. The first kappa shape index (κ1) is 36.3. The fourth-order valence-corrected chi connectivity index (χ4v) is 7.29. The maximum absolute atomic E-state index is 13.7. The number of nitrogens with one attached hydrogen (secondary N) is 4. The third kappa shape index (κ3) is 6.77. The number of ether oxygens (including phenoxy) is 2. The summed E-state index contributed by atoms with van der Waals surface area (Å²) in [5.74, 6) is -2.18. The smallest absolute Gasteiger partial charge is 0.407 e. The van der Waals surface area contributed by atoms with Gasteiger partial charge in [-0.3, -0.25) is 4.79 Å². The van der Waals surface area contributed by atoms with Crippen LogP contribution in [-0.2, 0) is 14.3 Å². The van der Waals surface area contributed by atoms with Gasteiger partial charge in [-0.25, -0.2) is 24.4 Å². The molecule has 6 heterocycles. The van der Waals surface area contributed by atoms with Crippen LogP contribution in [-0.4, -0.2) is 62.6 Å². The minimum absolute atomic E-state index is 0.147. The van der Waals surface area contributed by atoms with Gasteiger partial charge in [0, 0.05) is 53.8 Å². The van der Waals surface area contributed by atoms with Gasteiger partial charge in [0.05, 0.1) is 33.9 Å². The Balaban J connectivity index is 1.46. The predicted octanol–water partition coefficient (Wildman–Crippen LogP) is 7.42. The summed E-state index contributed by atoms with van der Waals surface area (Å²) < 4.78 is 10.6. The molecule has 0 radical (unpaired) electrons. The van der Waals surface area contributed by atoms with Crippen LogP contribution in [0.2, 0.25) is 0 Å². The van der Waals surface area contributed by atoms with Gasteiger partial charge in [-0.1, -0.05) is 26.5 Å². The molecule has 4 N–H and O–H groups in total. The number of rotatable bonds is 8. The molecular formula is C40H46N6O6. The van der Waals surface area contributed by atoms with Crippen molar-refractivity contribution in [1.29, 1.82) is 0 Å². The van der Waals surface area contributed by atoms with E-state index in [1.807, 2.05) is 45.9 Å². The van der Waals surface area contributed by atoms with Crippen molar-refractivity contribution in [3.05, 3.63) is 81.7 Å². The highest BCUT2D eigenvalue weighted by Crippen LogP contribution is 2.44. The summed E-state index contributed by atoms with van der Waals surface area (Å²) in [6.07, 6.45) is 2.52. The SMILES string of the molecule is C=CC1=C(C)c2cc3[nH]c(c4c5[nH]c(cc6nc(cc1n2)C(C)=C6CC)c(C)c5C(=O)OC4=O)[C@@H](CCC(=O)NCCNC(=O)OC(C)(C)C)[C@@H]3C. The maximum atomic E-state index is 13.7. The summed E-state index contributed by atoms with van der Waals surface area (Å²) in [5, 5.41) is 5.49. The second-order valence-corrected chi connectivity index (χ2v) is 14.6. The minimum Gasteiger partial charge on any atom is -0.444 e.